The molecule has 160 valence electrons. The van der Waals surface area contributed by atoms with Crippen molar-refractivity contribution in [3.8, 4) is 0 Å². The quantitative estimate of drug-likeness (QED) is 0.760. The molecule has 1 fully saturated rings. The van der Waals surface area contributed by atoms with Gasteiger partial charge in [-0.05, 0) is 49.4 Å². The number of aryl methyl sites for hydroxylation is 1. The number of benzene rings is 2. The van der Waals surface area contributed by atoms with E-state index in [0.717, 1.165) is 23.4 Å². The van der Waals surface area contributed by atoms with Crippen molar-refractivity contribution in [2.24, 2.45) is 0 Å². The van der Waals surface area contributed by atoms with E-state index in [1.54, 1.807) is 24.1 Å². The zero-order valence-electron chi connectivity index (χ0n) is 17.6. The summed E-state index contributed by atoms with van der Waals surface area (Å²) in [5, 5.41) is 2.93. The monoisotopic (exact) mass is 412 g/mol. The summed E-state index contributed by atoms with van der Waals surface area (Å²) in [5.74, 6) is -0.372. The Bertz CT molecular complexity index is 864. The Hall–Kier alpha value is -2.93. The summed E-state index contributed by atoms with van der Waals surface area (Å²) in [6, 6.07) is 14.2. The number of piperazine rings is 1. The summed E-state index contributed by atoms with van der Waals surface area (Å²) in [6.45, 7) is 5.02. The van der Waals surface area contributed by atoms with Gasteiger partial charge in [-0.15, -0.1) is 0 Å². The average molecular weight is 413 g/mol. The van der Waals surface area contributed by atoms with Crippen molar-refractivity contribution in [3.05, 3.63) is 59.9 Å². The molecule has 6 nitrogen and oxygen atoms in total. The van der Waals surface area contributed by atoms with Crippen LogP contribution in [0, 0.1) is 5.82 Å². The van der Waals surface area contributed by atoms with Gasteiger partial charge in [-0.25, -0.2) is 4.39 Å². The number of rotatable bonds is 7. The minimum atomic E-state index is -0.252. The number of carbonyl (C=O) groups is 2. The number of amides is 2. The number of nitrogens with zero attached hydrogens (tertiary/aromatic N) is 3. The first-order chi connectivity index (χ1) is 14.5. The maximum absolute atomic E-state index is 13.1. The van der Waals surface area contributed by atoms with Crippen LogP contribution in [0.15, 0.2) is 48.5 Å². The van der Waals surface area contributed by atoms with Crippen molar-refractivity contribution >= 4 is 23.2 Å². The molecule has 0 aromatic heterocycles. The Kier molecular flexibility index (Phi) is 7.41. The second-order valence-corrected chi connectivity index (χ2v) is 7.58. The number of para-hydroxylation sites is 1. The molecular formula is C23H29FN4O2. The van der Waals surface area contributed by atoms with Crippen LogP contribution >= 0.6 is 0 Å². The van der Waals surface area contributed by atoms with Crippen molar-refractivity contribution in [2.45, 2.75) is 13.3 Å². The van der Waals surface area contributed by atoms with Gasteiger partial charge in [-0.1, -0.05) is 25.1 Å². The first-order valence-electron chi connectivity index (χ1n) is 10.3. The molecule has 2 aromatic rings. The minimum Gasteiger partial charge on any atom is -0.368 e. The molecule has 3 rings (SSSR count). The molecular weight excluding hydrogens is 383 g/mol. The van der Waals surface area contributed by atoms with Crippen molar-refractivity contribution in [2.75, 3.05) is 56.5 Å². The van der Waals surface area contributed by atoms with Crippen molar-refractivity contribution in [3.63, 3.8) is 0 Å². The third kappa shape index (κ3) is 5.79. The highest BCUT2D eigenvalue weighted by molar-refractivity contribution is 5.93. The molecule has 0 unspecified atom stereocenters. The smallest absolute Gasteiger partial charge is 0.238 e. The Morgan fingerprint density at radius 1 is 1.00 bits per heavy atom. The number of anilines is 2. The standard InChI is InChI=1S/C23H29FN4O2/c1-3-18-6-4-5-7-21(18)25-22(29)16-26(2)17-23(30)28-14-12-27(13-15-28)20-10-8-19(24)9-11-20/h4-11H,3,12-17H2,1-2H3,(H,25,29). The molecule has 1 saturated heterocycles. The normalized spacial score (nSPS) is 14.1. The van der Waals surface area contributed by atoms with Gasteiger partial charge in [0.15, 0.2) is 0 Å². The van der Waals surface area contributed by atoms with E-state index in [9.17, 15) is 14.0 Å². The van der Waals surface area contributed by atoms with Crippen LogP contribution in [-0.4, -0.2) is 67.9 Å². The number of nitrogens with one attached hydrogen (secondary N) is 1. The van der Waals surface area contributed by atoms with Gasteiger partial charge in [0.1, 0.15) is 5.82 Å². The van der Waals surface area contributed by atoms with E-state index in [0.29, 0.717) is 26.2 Å². The number of likely N-dealkylation sites (N-methyl/N-ethyl adjacent to an activating group) is 1. The molecule has 2 aromatic carbocycles. The first-order valence-corrected chi connectivity index (χ1v) is 10.3. The Morgan fingerprint density at radius 2 is 1.67 bits per heavy atom. The van der Waals surface area contributed by atoms with Crippen molar-refractivity contribution < 1.29 is 14.0 Å². The van der Waals surface area contributed by atoms with Gasteiger partial charge in [-0.2, -0.15) is 0 Å². The molecule has 2 amide bonds. The summed E-state index contributed by atoms with van der Waals surface area (Å²) >= 11 is 0. The fourth-order valence-corrected chi connectivity index (χ4v) is 3.64. The van der Waals surface area contributed by atoms with Crippen LogP contribution in [0.2, 0.25) is 0 Å². The minimum absolute atomic E-state index is 0.0121. The third-order valence-electron chi connectivity index (χ3n) is 5.32. The Morgan fingerprint density at radius 3 is 2.33 bits per heavy atom. The van der Waals surface area contributed by atoms with Gasteiger partial charge in [0.25, 0.3) is 0 Å². The van der Waals surface area contributed by atoms with Crippen LogP contribution in [0.3, 0.4) is 0 Å². The summed E-state index contributed by atoms with van der Waals surface area (Å²) < 4.78 is 13.1. The van der Waals surface area contributed by atoms with E-state index < -0.39 is 0 Å². The van der Waals surface area contributed by atoms with E-state index in [1.807, 2.05) is 36.1 Å². The maximum Gasteiger partial charge on any atom is 0.238 e. The van der Waals surface area contributed by atoms with Crippen LogP contribution < -0.4 is 10.2 Å². The largest absolute Gasteiger partial charge is 0.368 e. The van der Waals surface area contributed by atoms with Gasteiger partial charge in [-0.3, -0.25) is 14.5 Å². The van der Waals surface area contributed by atoms with E-state index in [1.165, 1.54) is 12.1 Å². The molecule has 0 saturated carbocycles. The van der Waals surface area contributed by atoms with Crippen LogP contribution in [0.4, 0.5) is 15.8 Å². The van der Waals surface area contributed by atoms with Crippen LogP contribution in [0.25, 0.3) is 0 Å². The molecule has 1 aliphatic rings. The van der Waals surface area contributed by atoms with Crippen LogP contribution in [0.1, 0.15) is 12.5 Å². The lowest BCUT2D eigenvalue weighted by Crippen LogP contribution is -2.51. The van der Waals surface area contributed by atoms with Crippen molar-refractivity contribution in [1.29, 1.82) is 0 Å². The summed E-state index contributed by atoms with van der Waals surface area (Å²) in [4.78, 5) is 30.7. The number of hydrogen-bond acceptors (Lipinski definition) is 4. The fraction of sp³-hybridized carbons (Fsp3) is 0.391. The number of hydrogen-bond donors (Lipinski definition) is 1. The molecule has 0 radical (unpaired) electrons. The van der Waals surface area contributed by atoms with Gasteiger partial charge < -0.3 is 15.1 Å². The molecule has 0 aliphatic carbocycles. The molecule has 1 N–H and O–H groups in total. The van der Waals surface area contributed by atoms with Crippen LogP contribution in [0.5, 0.6) is 0 Å². The zero-order chi connectivity index (χ0) is 21.5. The molecule has 1 heterocycles. The van der Waals surface area contributed by atoms with E-state index in [4.69, 9.17) is 0 Å². The lowest BCUT2D eigenvalue weighted by Gasteiger charge is -2.36. The maximum atomic E-state index is 13.1. The van der Waals surface area contributed by atoms with Crippen LogP contribution in [-0.2, 0) is 16.0 Å². The highest BCUT2D eigenvalue weighted by Crippen LogP contribution is 2.17. The topological polar surface area (TPSA) is 55.9 Å². The molecule has 1 aliphatic heterocycles. The Balaban J connectivity index is 1.44. The summed E-state index contributed by atoms with van der Waals surface area (Å²) in [6.07, 6.45) is 0.842. The number of halogens is 1. The average Bonchev–Trinajstić information content (AvgIpc) is 2.74. The number of carbonyl (C=O) groups excluding carboxylic acids is 2. The second kappa shape index (κ2) is 10.2. The van der Waals surface area contributed by atoms with Crippen molar-refractivity contribution in [1.82, 2.24) is 9.80 Å². The molecule has 0 bridgehead atoms. The van der Waals surface area contributed by atoms with Gasteiger partial charge in [0.2, 0.25) is 11.8 Å². The van der Waals surface area contributed by atoms with E-state index >= 15 is 0 Å². The van der Waals surface area contributed by atoms with Gasteiger partial charge in [0.05, 0.1) is 13.1 Å². The predicted octanol–water partition coefficient (Wildman–Crippen LogP) is 2.61. The molecule has 0 atom stereocenters. The molecule has 30 heavy (non-hydrogen) atoms. The molecule has 0 spiro atoms. The second-order valence-electron chi connectivity index (χ2n) is 7.58. The summed E-state index contributed by atoms with van der Waals surface area (Å²) in [5.41, 5.74) is 2.87. The van der Waals surface area contributed by atoms with E-state index in [2.05, 4.69) is 10.2 Å². The zero-order valence-corrected chi connectivity index (χ0v) is 17.6. The molecule has 7 heteroatoms. The highest BCUT2D eigenvalue weighted by atomic mass is 19.1. The first kappa shape index (κ1) is 21.8. The lowest BCUT2D eigenvalue weighted by molar-refractivity contribution is -0.132. The van der Waals surface area contributed by atoms with E-state index in [-0.39, 0.29) is 30.7 Å². The third-order valence-corrected chi connectivity index (χ3v) is 5.32. The van der Waals surface area contributed by atoms with Gasteiger partial charge in [0, 0.05) is 37.6 Å². The highest BCUT2D eigenvalue weighted by Gasteiger charge is 2.22. The SMILES string of the molecule is CCc1ccccc1NC(=O)CN(C)CC(=O)N1CCN(c2ccc(F)cc2)CC1. The van der Waals surface area contributed by atoms with Gasteiger partial charge >= 0.3 is 0 Å². The summed E-state index contributed by atoms with van der Waals surface area (Å²) in [7, 11) is 1.78. The Labute approximate surface area is 177 Å². The lowest BCUT2D eigenvalue weighted by atomic mass is 10.1. The fourth-order valence-electron chi connectivity index (χ4n) is 3.64. The predicted molar refractivity (Wildman–Crippen MR) is 117 cm³/mol.